The summed E-state index contributed by atoms with van der Waals surface area (Å²) >= 11 is 3.11. The van der Waals surface area contributed by atoms with E-state index < -0.39 is 11.7 Å². The molecule has 0 aromatic heterocycles. The standard InChI is InChI=1S/C11H13BrFN3O2/c1-6(4-10(14)16-18)15-11(17)8-3-2-7(12)5-9(8)13/h2-3,5-6,18H,4H2,1H3,(H2,14,16)(H,15,17). The van der Waals surface area contributed by atoms with Gasteiger partial charge in [-0.05, 0) is 25.1 Å². The maximum atomic E-state index is 13.5. The number of hydrogen-bond acceptors (Lipinski definition) is 3. The van der Waals surface area contributed by atoms with Crippen molar-refractivity contribution in [2.45, 2.75) is 19.4 Å². The van der Waals surface area contributed by atoms with Gasteiger partial charge in [0.05, 0.1) is 5.56 Å². The van der Waals surface area contributed by atoms with Gasteiger partial charge in [0, 0.05) is 16.9 Å². The van der Waals surface area contributed by atoms with Crippen LogP contribution >= 0.6 is 15.9 Å². The molecule has 0 aliphatic heterocycles. The minimum atomic E-state index is -0.613. The number of amides is 1. The minimum Gasteiger partial charge on any atom is -0.409 e. The maximum absolute atomic E-state index is 13.5. The van der Waals surface area contributed by atoms with E-state index in [-0.39, 0.29) is 23.9 Å². The third-order valence-corrected chi connectivity index (χ3v) is 2.69. The fourth-order valence-electron chi connectivity index (χ4n) is 1.38. The van der Waals surface area contributed by atoms with Gasteiger partial charge in [-0.15, -0.1) is 0 Å². The molecule has 1 aromatic carbocycles. The van der Waals surface area contributed by atoms with Gasteiger partial charge in [0.2, 0.25) is 0 Å². The van der Waals surface area contributed by atoms with Crippen molar-refractivity contribution in [3.63, 3.8) is 0 Å². The van der Waals surface area contributed by atoms with Crippen LogP contribution in [0.1, 0.15) is 23.7 Å². The zero-order valence-corrected chi connectivity index (χ0v) is 11.2. The molecule has 0 bridgehead atoms. The van der Waals surface area contributed by atoms with Gasteiger partial charge in [-0.25, -0.2) is 4.39 Å². The molecule has 1 unspecified atom stereocenters. The van der Waals surface area contributed by atoms with Crippen LogP contribution in [-0.4, -0.2) is 23.0 Å². The van der Waals surface area contributed by atoms with Crippen LogP contribution in [0.4, 0.5) is 4.39 Å². The van der Waals surface area contributed by atoms with E-state index >= 15 is 0 Å². The monoisotopic (exact) mass is 317 g/mol. The Kier molecular flexibility index (Phi) is 5.08. The average Bonchev–Trinajstić information content (AvgIpc) is 2.28. The Balaban J connectivity index is 2.71. The molecule has 4 N–H and O–H groups in total. The van der Waals surface area contributed by atoms with Crippen LogP contribution in [-0.2, 0) is 0 Å². The molecule has 98 valence electrons. The third kappa shape index (κ3) is 3.99. The van der Waals surface area contributed by atoms with Crippen LogP contribution in [0, 0.1) is 5.82 Å². The lowest BCUT2D eigenvalue weighted by Gasteiger charge is -2.13. The normalized spacial score (nSPS) is 13.2. The van der Waals surface area contributed by atoms with Crippen LogP contribution < -0.4 is 11.1 Å². The average molecular weight is 318 g/mol. The van der Waals surface area contributed by atoms with Crippen LogP contribution in [0.2, 0.25) is 0 Å². The van der Waals surface area contributed by atoms with Crippen molar-refractivity contribution in [3.8, 4) is 0 Å². The van der Waals surface area contributed by atoms with Crippen LogP contribution in [0.3, 0.4) is 0 Å². The Hall–Kier alpha value is -1.63. The van der Waals surface area contributed by atoms with Crippen molar-refractivity contribution >= 4 is 27.7 Å². The molecule has 18 heavy (non-hydrogen) atoms. The first-order valence-electron chi connectivity index (χ1n) is 5.16. The van der Waals surface area contributed by atoms with E-state index in [1.807, 2.05) is 0 Å². The fraction of sp³-hybridized carbons (Fsp3) is 0.273. The molecule has 7 heteroatoms. The van der Waals surface area contributed by atoms with Gasteiger partial charge in [-0.3, -0.25) is 4.79 Å². The summed E-state index contributed by atoms with van der Waals surface area (Å²) in [5.41, 5.74) is 5.26. The van der Waals surface area contributed by atoms with E-state index in [1.165, 1.54) is 12.1 Å². The molecule has 0 spiro atoms. The van der Waals surface area contributed by atoms with E-state index in [0.717, 1.165) is 0 Å². The summed E-state index contributed by atoms with van der Waals surface area (Å²) in [5, 5.41) is 13.8. The molecular formula is C11H13BrFN3O2. The zero-order chi connectivity index (χ0) is 13.7. The van der Waals surface area contributed by atoms with Gasteiger partial charge in [0.15, 0.2) is 0 Å². The summed E-state index contributed by atoms with van der Waals surface area (Å²) in [6, 6.07) is 3.80. The Morgan fingerprint density at radius 1 is 1.67 bits per heavy atom. The second-order valence-corrected chi connectivity index (χ2v) is 4.71. The predicted molar refractivity (Wildman–Crippen MR) is 69.1 cm³/mol. The maximum Gasteiger partial charge on any atom is 0.254 e. The molecule has 0 saturated carbocycles. The Morgan fingerprint density at radius 2 is 2.33 bits per heavy atom. The first-order chi connectivity index (χ1) is 8.43. The quantitative estimate of drug-likeness (QED) is 0.343. The van der Waals surface area contributed by atoms with E-state index in [4.69, 9.17) is 10.9 Å². The lowest BCUT2D eigenvalue weighted by atomic mass is 10.1. The number of carbonyl (C=O) groups is 1. The van der Waals surface area contributed by atoms with E-state index in [0.29, 0.717) is 4.47 Å². The van der Waals surface area contributed by atoms with Crippen LogP contribution in [0.15, 0.2) is 27.8 Å². The molecule has 1 amide bonds. The van der Waals surface area contributed by atoms with Gasteiger partial charge in [0.1, 0.15) is 11.7 Å². The first kappa shape index (κ1) is 14.4. The van der Waals surface area contributed by atoms with Gasteiger partial charge in [0.25, 0.3) is 5.91 Å². The highest BCUT2D eigenvalue weighted by Crippen LogP contribution is 2.15. The smallest absolute Gasteiger partial charge is 0.254 e. The van der Waals surface area contributed by atoms with Crippen LogP contribution in [0.5, 0.6) is 0 Å². The van der Waals surface area contributed by atoms with Crippen molar-refractivity contribution in [2.75, 3.05) is 0 Å². The molecular weight excluding hydrogens is 305 g/mol. The van der Waals surface area contributed by atoms with Gasteiger partial charge >= 0.3 is 0 Å². The Labute approximate surface area is 112 Å². The number of nitrogens with one attached hydrogen (secondary N) is 1. The van der Waals surface area contributed by atoms with Gasteiger partial charge in [-0.2, -0.15) is 0 Å². The van der Waals surface area contributed by atoms with Crippen LogP contribution in [0.25, 0.3) is 0 Å². The van der Waals surface area contributed by atoms with Crippen molar-refractivity contribution in [3.05, 3.63) is 34.1 Å². The number of hydrogen-bond donors (Lipinski definition) is 3. The van der Waals surface area contributed by atoms with Gasteiger partial charge in [-0.1, -0.05) is 21.1 Å². The number of benzene rings is 1. The number of oxime groups is 1. The van der Waals surface area contributed by atoms with Gasteiger partial charge < -0.3 is 16.3 Å². The fourth-order valence-corrected chi connectivity index (χ4v) is 1.71. The zero-order valence-electron chi connectivity index (χ0n) is 9.65. The molecule has 1 rings (SSSR count). The molecule has 0 heterocycles. The summed E-state index contributed by atoms with van der Waals surface area (Å²) in [6.45, 7) is 1.67. The second-order valence-electron chi connectivity index (χ2n) is 3.79. The lowest BCUT2D eigenvalue weighted by Crippen LogP contribution is -2.36. The highest BCUT2D eigenvalue weighted by Gasteiger charge is 2.15. The predicted octanol–water partition coefficient (Wildman–Crippen LogP) is 1.84. The summed E-state index contributed by atoms with van der Waals surface area (Å²) < 4.78 is 14.1. The SMILES string of the molecule is CC(CC(N)=NO)NC(=O)c1ccc(Br)cc1F. The summed E-state index contributed by atoms with van der Waals surface area (Å²) in [7, 11) is 0. The van der Waals surface area contributed by atoms with Crippen molar-refractivity contribution < 1.29 is 14.4 Å². The first-order valence-corrected chi connectivity index (χ1v) is 5.95. The molecule has 0 fully saturated rings. The van der Waals surface area contributed by atoms with E-state index in [9.17, 15) is 9.18 Å². The number of nitrogens with zero attached hydrogens (tertiary/aromatic N) is 1. The second kappa shape index (κ2) is 6.34. The molecule has 5 nitrogen and oxygen atoms in total. The molecule has 0 radical (unpaired) electrons. The summed E-state index contributed by atoms with van der Waals surface area (Å²) in [6.07, 6.45) is 0.181. The van der Waals surface area contributed by atoms with Crippen molar-refractivity contribution in [1.29, 1.82) is 0 Å². The molecule has 0 aliphatic rings. The number of halogens is 2. The van der Waals surface area contributed by atoms with E-state index in [2.05, 4.69) is 26.4 Å². The molecule has 1 atom stereocenters. The number of rotatable bonds is 4. The lowest BCUT2D eigenvalue weighted by molar-refractivity contribution is 0.0937. The molecule has 0 saturated heterocycles. The molecule has 0 aliphatic carbocycles. The Bertz CT molecular complexity index is 479. The Morgan fingerprint density at radius 3 is 2.89 bits per heavy atom. The largest absolute Gasteiger partial charge is 0.409 e. The minimum absolute atomic E-state index is 0.000854. The summed E-state index contributed by atoms with van der Waals surface area (Å²) in [4.78, 5) is 11.7. The van der Waals surface area contributed by atoms with Crippen molar-refractivity contribution in [1.82, 2.24) is 5.32 Å². The topological polar surface area (TPSA) is 87.7 Å². The highest BCUT2D eigenvalue weighted by molar-refractivity contribution is 9.10. The van der Waals surface area contributed by atoms with E-state index in [1.54, 1.807) is 13.0 Å². The van der Waals surface area contributed by atoms with Crippen molar-refractivity contribution in [2.24, 2.45) is 10.9 Å². The number of nitrogens with two attached hydrogens (primary N) is 1. The summed E-state index contributed by atoms with van der Waals surface area (Å²) in [5.74, 6) is -1.16. The highest BCUT2D eigenvalue weighted by atomic mass is 79.9. The third-order valence-electron chi connectivity index (χ3n) is 2.20. The molecule has 1 aromatic rings. The number of amidine groups is 1. The number of carbonyl (C=O) groups excluding carboxylic acids is 1.